The molecule has 2 atom stereocenters. The zero-order chi connectivity index (χ0) is 18.1. The molecule has 1 N–H and O–H groups in total. The number of amides is 1. The van der Waals surface area contributed by atoms with Gasteiger partial charge in [-0.2, -0.15) is 5.10 Å². The summed E-state index contributed by atoms with van der Waals surface area (Å²) in [5, 5.41) is 13.7. The average Bonchev–Trinajstić information content (AvgIpc) is 2.95. The Morgan fingerprint density at radius 3 is 2.72 bits per heavy atom. The molecule has 2 aromatic rings. The van der Waals surface area contributed by atoms with Crippen LogP contribution < -0.4 is 0 Å². The summed E-state index contributed by atoms with van der Waals surface area (Å²) in [5.41, 5.74) is 3.32. The molecule has 0 saturated carbocycles. The first-order valence-corrected chi connectivity index (χ1v) is 8.55. The minimum Gasteiger partial charge on any atom is -0.481 e. The highest BCUT2D eigenvalue weighted by Crippen LogP contribution is 2.26. The van der Waals surface area contributed by atoms with E-state index in [1.54, 1.807) is 15.8 Å². The lowest BCUT2D eigenvalue weighted by Gasteiger charge is -2.37. The molecule has 6 nitrogen and oxygen atoms in total. The van der Waals surface area contributed by atoms with E-state index < -0.39 is 11.9 Å². The molecular weight excluding hydrogens is 318 g/mol. The highest BCUT2D eigenvalue weighted by atomic mass is 16.4. The zero-order valence-electron chi connectivity index (χ0n) is 14.8. The van der Waals surface area contributed by atoms with Crippen molar-refractivity contribution in [2.75, 3.05) is 6.54 Å². The Kier molecular flexibility index (Phi) is 4.61. The summed E-state index contributed by atoms with van der Waals surface area (Å²) in [7, 11) is 0. The summed E-state index contributed by atoms with van der Waals surface area (Å²) in [5.74, 6) is -1.49. The number of rotatable bonds is 3. The molecule has 0 unspecified atom stereocenters. The minimum atomic E-state index is -0.836. The van der Waals surface area contributed by atoms with Crippen molar-refractivity contribution in [1.29, 1.82) is 0 Å². The van der Waals surface area contributed by atoms with E-state index in [-0.39, 0.29) is 11.9 Å². The van der Waals surface area contributed by atoms with Crippen LogP contribution in [0.4, 0.5) is 0 Å². The van der Waals surface area contributed by atoms with Crippen molar-refractivity contribution in [3.05, 3.63) is 47.3 Å². The lowest BCUT2D eigenvalue weighted by atomic mass is 9.90. The number of aromatic nitrogens is 2. The third-order valence-corrected chi connectivity index (χ3v) is 5.05. The van der Waals surface area contributed by atoms with E-state index in [0.717, 1.165) is 16.9 Å². The number of carboxylic acids is 1. The zero-order valence-corrected chi connectivity index (χ0v) is 14.8. The van der Waals surface area contributed by atoms with Crippen molar-refractivity contribution in [2.24, 2.45) is 5.92 Å². The van der Waals surface area contributed by atoms with Crippen LogP contribution in [0.15, 0.2) is 30.5 Å². The standard InChI is InChI=1S/C19H23N3O3/c1-12-6-4-7-15(10-12)22-14(3)17(11-20-22)18(23)21-9-5-8-16(13(21)2)19(24)25/h4,6-7,10-11,13,16H,5,8-9H2,1-3H3,(H,24,25)/t13-,16-/m1/s1. The van der Waals surface area contributed by atoms with Crippen LogP contribution in [-0.2, 0) is 4.79 Å². The Hall–Kier alpha value is -2.63. The summed E-state index contributed by atoms with van der Waals surface area (Å²) in [4.78, 5) is 26.1. The van der Waals surface area contributed by atoms with Crippen molar-refractivity contribution >= 4 is 11.9 Å². The minimum absolute atomic E-state index is 0.144. The largest absolute Gasteiger partial charge is 0.481 e. The molecule has 0 spiro atoms. The molecule has 25 heavy (non-hydrogen) atoms. The van der Waals surface area contributed by atoms with Crippen molar-refractivity contribution in [2.45, 2.75) is 39.7 Å². The molecule has 1 fully saturated rings. The number of carbonyl (C=O) groups is 2. The topological polar surface area (TPSA) is 75.4 Å². The van der Waals surface area contributed by atoms with Gasteiger partial charge < -0.3 is 10.0 Å². The molecule has 1 aromatic carbocycles. The summed E-state index contributed by atoms with van der Waals surface area (Å²) in [6.45, 7) is 6.27. The summed E-state index contributed by atoms with van der Waals surface area (Å²) in [6, 6.07) is 7.61. The quantitative estimate of drug-likeness (QED) is 0.931. The lowest BCUT2D eigenvalue weighted by Crippen LogP contribution is -2.49. The lowest BCUT2D eigenvalue weighted by molar-refractivity contribution is -0.144. The fraction of sp³-hybridized carbons (Fsp3) is 0.421. The Balaban J connectivity index is 1.90. The van der Waals surface area contributed by atoms with Crippen molar-refractivity contribution in [3.63, 3.8) is 0 Å². The average molecular weight is 341 g/mol. The maximum absolute atomic E-state index is 13.0. The SMILES string of the molecule is Cc1cccc(-n2ncc(C(=O)N3CCC[C@@H](C(=O)O)[C@H]3C)c2C)c1. The molecule has 2 heterocycles. The number of carbonyl (C=O) groups excluding carboxylic acids is 1. The van der Waals surface area contributed by atoms with Gasteiger partial charge in [0.1, 0.15) is 0 Å². The van der Waals surface area contributed by atoms with E-state index in [9.17, 15) is 14.7 Å². The van der Waals surface area contributed by atoms with Crippen LogP contribution >= 0.6 is 0 Å². The van der Waals surface area contributed by atoms with Crippen LogP contribution in [0, 0.1) is 19.8 Å². The summed E-state index contributed by atoms with van der Waals surface area (Å²) >= 11 is 0. The molecule has 1 aromatic heterocycles. The van der Waals surface area contributed by atoms with Gasteiger partial charge >= 0.3 is 5.97 Å². The Morgan fingerprint density at radius 1 is 1.28 bits per heavy atom. The highest BCUT2D eigenvalue weighted by Gasteiger charge is 2.36. The molecule has 0 aliphatic carbocycles. The van der Waals surface area contributed by atoms with Gasteiger partial charge in [0.2, 0.25) is 0 Å². The van der Waals surface area contributed by atoms with E-state index >= 15 is 0 Å². The van der Waals surface area contributed by atoms with Gasteiger partial charge in [-0.25, -0.2) is 4.68 Å². The molecular formula is C19H23N3O3. The van der Waals surface area contributed by atoms with Crippen molar-refractivity contribution in [1.82, 2.24) is 14.7 Å². The molecule has 6 heteroatoms. The number of piperidine rings is 1. The summed E-state index contributed by atoms with van der Waals surface area (Å²) in [6.07, 6.45) is 2.90. The van der Waals surface area contributed by atoms with Gasteiger partial charge in [-0.3, -0.25) is 9.59 Å². The molecule has 1 aliphatic heterocycles. The molecule has 0 bridgehead atoms. The van der Waals surface area contributed by atoms with E-state index in [2.05, 4.69) is 5.10 Å². The molecule has 132 valence electrons. The molecule has 0 radical (unpaired) electrons. The first-order chi connectivity index (χ1) is 11.9. The Bertz CT molecular complexity index is 812. The van der Waals surface area contributed by atoms with E-state index in [4.69, 9.17) is 0 Å². The number of aryl methyl sites for hydroxylation is 1. The van der Waals surface area contributed by atoms with Gasteiger partial charge in [0, 0.05) is 12.6 Å². The van der Waals surface area contributed by atoms with Crippen molar-refractivity contribution < 1.29 is 14.7 Å². The van der Waals surface area contributed by atoms with Crippen molar-refractivity contribution in [3.8, 4) is 5.69 Å². The predicted molar refractivity (Wildman–Crippen MR) is 93.9 cm³/mol. The molecule has 3 rings (SSSR count). The predicted octanol–water partition coefficient (Wildman–Crippen LogP) is 2.81. The van der Waals surface area contributed by atoms with E-state index in [1.165, 1.54) is 0 Å². The smallest absolute Gasteiger partial charge is 0.308 e. The number of aliphatic carboxylic acids is 1. The van der Waals surface area contributed by atoms with Crippen LogP contribution in [0.3, 0.4) is 0 Å². The maximum Gasteiger partial charge on any atom is 0.308 e. The number of nitrogens with zero attached hydrogens (tertiary/aromatic N) is 3. The van der Waals surface area contributed by atoms with Crippen LogP contribution in [-0.4, -0.2) is 44.3 Å². The molecule has 1 saturated heterocycles. The highest BCUT2D eigenvalue weighted by molar-refractivity contribution is 5.95. The fourth-order valence-corrected chi connectivity index (χ4v) is 3.55. The first-order valence-electron chi connectivity index (χ1n) is 8.55. The third-order valence-electron chi connectivity index (χ3n) is 5.05. The number of hydrogen-bond donors (Lipinski definition) is 1. The molecule has 1 amide bonds. The van der Waals surface area contributed by atoms with Gasteiger partial charge in [0.05, 0.1) is 29.1 Å². The first kappa shape index (κ1) is 17.2. The van der Waals surface area contributed by atoms with E-state index in [0.29, 0.717) is 24.9 Å². The van der Waals surface area contributed by atoms with Gasteiger partial charge in [-0.1, -0.05) is 12.1 Å². The second-order valence-electron chi connectivity index (χ2n) is 6.72. The molecule has 1 aliphatic rings. The van der Waals surface area contributed by atoms with Gasteiger partial charge in [-0.05, 0) is 51.3 Å². The Morgan fingerprint density at radius 2 is 2.04 bits per heavy atom. The maximum atomic E-state index is 13.0. The van der Waals surface area contributed by atoms with Gasteiger partial charge in [0.25, 0.3) is 5.91 Å². The van der Waals surface area contributed by atoms with Crippen LogP contribution in [0.1, 0.15) is 41.4 Å². The third kappa shape index (κ3) is 3.16. The van der Waals surface area contributed by atoms with E-state index in [1.807, 2.05) is 45.0 Å². The number of hydrogen-bond acceptors (Lipinski definition) is 3. The second kappa shape index (κ2) is 6.70. The summed E-state index contributed by atoms with van der Waals surface area (Å²) < 4.78 is 1.75. The van der Waals surface area contributed by atoms with Crippen LogP contribution in [0.2, 0.25) is 0 Å². The van der Waals surface area contributed by atoms with Crippen LogP contribution in [0.25, 0.3) is 5.69 Å². The van der Waals surface area contributed by atoms with Crippen LogP contribution in [0.5, 0.6) is 0 Å². The van der Waals surface area contributed by atoms with Gasteiger partial charge in [-0.15, -0.1) is 0 Å². The second-order valence-corrected chi connectivity index (χ2v) is 6.72. The van der Waals surface area contributed by atoms with Gasteiger partial charge in [0.15, 0.2) is 0 Å². The monoisotopic (exact) mass is 341 g/mol. The number of benzene rings is 1. The number of likely N-dealkylation sites (tertiary alicyclic amines) is 1. The normalized spacial score (nSPS) is 20.5. The fourth-order valence-electron chi connectivity index (χ4n) is 3.55. The Labute approximate surface area is 147 Å². The number of carboxylic acid groups (broad SMARTS) is 1.